The molecule has 0 aliphatic heterocycles. The summed E-state index contributed by atoms with van der Waals surface area (Å²) in [6.45, 7) is 10.1. The Hall–Kier alpha value is -1.77. The van der Waals surface area contributed by atoms with Crippen LogP contribution in [0.2, 0.25) is 0 Å². The first kappa shape index (κ1) is 14.3. The van der Waals surface area contributed by atoms with Crippen LogP contribution in [0.4, 0.5) is 0 Å². The molecule has 0 aliphatic carbocycles. The van der Waals surface area contributed by atoms with E-state index >= 15 is 0 Å². The summed E-state index contributed by atoms with van der Waals surface area (Å²) >= 11 is 0. The van der Waals surface area contributed by atoms with Gasteiger partial charge in [0.2, 0.25) is 0 Å². The molecular weight excluding hydrogens is 228 g/mol. The molecule has 0 unspecified atom stereocenters. The lowest BCUT2D eigenvalue weighted by Gasteiger charge is -2.24. The van der Waals surface area contributed by atoms with E-state index in [0.29, 0.717) is 6.61 Å². The van der Waals surface area contributed by atoms with E-state index in [1.165, 1.54) is 6.07 Å². The Kier molecular flexibility index (Phi) is 4.54. The number of carbonyl (C=O) groups excluding carboxylic acids is 1. The van der Waals surface area contributed by atoms with Crippen LogP contribution in [0.15, 0.2) is 36.4 Å². The zero-order chi connectivity index (χ0) is 13.8. The predicted octanol–water partition coefficient (Wildman–Crippen LogP) is 3.54. The number of phenolic OH excluding ortho intramolecular Hbond substituents is 1. The van der Waals surface area contributed by atoms with E-state index in [1.54, 1.807) is 18.2 Å². The van der Waals surface area contributed by atoms with Gasteiger partial charge >= 0.3 is 5.97 Å². The summed E-state index contributed by atoms with van der Waals surface area (Å²) in [7, 11) is 0. The molecule has 0 radical (unpaired) electrons. The van der Waals surface area contributed by atoms with Gasteiger partial charge in [-0.2, -0.15) is 0 Å². The molecule has 3 nitrogen and oxygen atoms in total. The normalized spacial score (nSPS) is 11.1. The van der Waals surface area contributed by atoms with Crippen molar-refractivity contribution in [2.45, 2.75) is 27.2 Å². The largest absolute Gasteiger partial charge is 0.507 e. The summed E-state index contributed by atoms with van der Waals surface area (Å²) in [5.74, 6) is -0.553. The number of hydrogen-bond donors (Lipinski definition) is 1. The van der Waals surface area contributed by atoms with Crippen molar-refractivity contribution in [3.05, 3.63) is 42.0 Å². The molecule has 1 aromatic carbocycles. The first-order valence-electron chi connectivity index (χ1n) is 5.91. The van der Waals surface area contributed by atoms with Crippen LogP contribution >= 0.6 is 0 Å². The highest BCUT2D eigenvalue weighted by atomic mass is 16.5. The number of esters is 1. The van der Waals surface area contributed by atoms with Gasteiger partial charge in [0.25, 0.3) is 0 Å². The third kappa shape index (κ3) is 4.24. The van der Waals surface area contributed by atoms with Crippen molar-refractivity contribution in [1.82, 2.24) is 0 Å². The summed E-state index contributed by atoms with van der Waals surface area (Å²) in [5, 5.41) is 9.54. The molecule has 98 valence electrons. The highest BCUT2D eigenvalue weighted by molar-refractivity contribution is 5.92. The Morgan fingerprint density at radius 3 is 2.56 bits per heavy atom. The van der Waals surface area contributed by atoms with Crippen molar-refractivity contribution in [3.63, 3.8) is 0 Å². The molecule has 0 aliphatic rings. The molecule has 0 heterocycles. The molecule has 0 bridgehead atoms. The van der Waals surface area contributed by atoms with Gasteiger partial charge in [-0.15, -0.1) is 6.58 Å². The van der Waals surface area contributed by atoms with Crippen molar-refractivity contribution in [1.29, 1.82) is 0 Å². The molecule has 0 atom stereocenters. The molecular formula is C15H20O3. The zero-order valence-electron chi connectivity index (χ0n) is 11.2. The van der Waals surface area contributed by atoms with E-state index < -0.39 is 5.97 Å². The van der Waals surface area contributed by atoms with E-state index in [-0.39, 0.29) is 16.7 Å². The second kappa shape index (κ2) is 5.71. The lowest BCUT2D eigenvalue weighted by Crippen LogP contribution is -2.22. The number of carbonyl (C=O) groups is 1. The maximum absolute atomic E-state index is 11.8. The van der Waals surface area contributed by atoms with Gasteiger partial charge in [0.15, 0.2) is 0 Å². The fraction of sp³-hybridized carbons (Fsp3) is 0.400. The number of benzene rings is 1. The first-order chi connectivity index (χ1) is 8.32. The van der Waals surface area contributed by atoms with E-state index in [1.807, 2.05) is 20.8 Å². The van der Waals surface area contributed by atoms with Gasteiger partial charge in [0.1, 0.15) is 11.3 Å². The number of rotatable bonds is 5. The van der Waals surface area contributed by atoms with Crippen LogP contribution < -0.4 is 0 Å². The minimum absolute atomic E-state index is 0.0554. The number of ether oxygens (including phenoxy) is 1. The average Bonchev–Trinajstić information content (AvgIpc) is 2.25. The summed E-state index contributed by atoms with van der Waals surface area (Å²) in [6, 6.07) is 6.37. The molecule has 0 fully saturated rings. The van der Waals surface area contributed by atoms with Gasteiger partial charge in [-0.1, -0.05) is 31.6 Å². The van der Waals surface area contributed by atoms with Crippen LogP contribution in [0.1, 0.15) is 37.6 Å². The Morgan fingerprint density at radius 1 is 1.39 bits per heavy atom. The minimum atomic E-state index is -0.497. The van der Waals surface area contributed by atoms with E-state index in [4.69, 9.17) is 4.74 Å². The molecule has 1 aromatic rings. The van der Waals surface area contributed by atoms with Crippen molar-refractivity contribution in [2.75, 3.05) is 6.61 Å². The van der Waals surface area contributed by atoms with Gasteiger partial charge in [-0.25, -0.2) is 4.79 Å². The molecule has 3 heteroatoms. The second-order valence-electron chi connectivity index (χ2n) is 5.39. The minimum Gasteiger partial charge on any atom is -0.507 e. The highest BCUT2D eigenvalue weighted by Gasteiger charge is 2.21. The van der Waals surface area contributed by atoms with Crippen molar-refractivity contribution >= 4 is 5.97 Å². The third-order valence-electron chi connectivity index (χ3n) is 2.50. The fourth-order valence-electron chi connectivity index (χ4n) is 1.85. The molecule has 18 heavy (non-hydrogen) atoms. The third-order valence-corrected chi connectivity index (χ3v) is 2.50. The molecule has 0 saturated carbocycles. The number of hydrogen-bond acceptors (Lipinski definition) is 3. The molecule has 0 amide bonds. The maximum atomic E-state index is 11.8. The van der Waals surface area contributed by atoms with E-state index in [2.05, 4.69) is 6.58 Å². The zero-order valence-corrected chi connectivity index (χ0v) is 11.2. The fourth-order valence-corrected chi connectivity index (χ4v) is 1.85. The van der Waals surface area contributed by atoms with Crippen LogP contribution in [0.25, 0.3) is 0 Å². The smallest absolute Gasteiger partial charge is 0.341 e. The predicted molar refractivity (Wildman–Crippen MR) is 71.6 cm³/mol. The Balaban J connectivity index is 2.62. The number of allylic oxidation sites excluding steroid dienone is 1. The van der Waals surface area contributed by atoms with Crippen LogP contribution in [-0.4, -0.2) is 17.7 Å². The van der Waals surface area contributed by atoms with Gasteiger partial charge in [0.05, 0.1) is 6.61 Å². The lowest BCUT2D eigenvalue weighted by molar-refractivity contribution is 0.0338. The number of aromatic hydroxyl groups is 1. The standard InChI is InChI=1S/C15H20O3/c1-11(2)9-15(3,4)10-18-14(17)12-7-5-6-8-13(12)16/h5-8,16H,1,9-10H2,2-4H3. The topological polar surface area (TPSA) is 46.5 Å². The lowest BCUT2D eigenvalue weighted by atomic mass is 9.87. The van der Waals surface area contributed by atoms with Crippen LogP contribution in [0.5, 0.6) is 5.75 Å². The first-order valence-corrected chi connectivity index (χ1v) is 5.91. The van der Waals surface area contributed by atoms with Gasteiger partial charge < -0.3 is 9.84 Å². The maximum Gasteiger partial charge on any atom is 0.341 e. The van der Waals surface area contributed by atoms with Crippen molar-refractivity contribution in [2.24, 2.45) is 5.41 Å². The molecule has 0 saturated heterocycles. The van der Waals surface area contributed by atoms with Gasteiger partial charge in [0, 0.05) is 5.41 Å². The van der Waals surface area contributed by atoms with E-state index in [9.17, 15) is 9.90 Å². The molecule has 0 aromatic heterocycles. The van der Waals surface area contributed by atoms with Gasteiger partial charge in [-0.05, 0) is 25.5 Å². The quantitative estimate of drug-likeness (QED) is 0.640. The highest BCUT2D eigenvalue weighted by Crippen LogP contribution is 2.25. The second-order valence-corrected chi connectivity index (χ2v) is 5.39. The molecule has 1 N–H and O–H groups in total. The SMILES string of the molecule is C=C(C)CC(C)(C)COC(=O)c1ccccc1O. The Bertz CT molecular complexity index is 447. The monoisotopic (exact) mass is 248 g/mol. The van der Waals surface area contributed by atoms with Crippen molar-refractivity contribution < 1.29 is 14.6 Å². The number of para-hydroxylation sites is 1. The van der Waals surface area contributed by atoms with Crippen molar-refractivity contribution in [3.8, 4) is 5.75 Å². The van der Waals surface area contributed by atoms with Crippen LogP contribution in [0.3, 0.4) is 0 Å². The number of phenols is 1. The Morgan fingerprint density at radius 2 is 2.00 bits per heavy atom. The summed E-state index contributed by atoms with van der Waals surface area (Å²) in [6.07, 6.45) is 0.793. The molecule has 0 spiro atoms. The Labute approximate surface area is 108 Å². The average molecular weight is 248 g/mol. The summed E-state index contributed by atoms with van der Waals surface area (Å²) in [5.41, 5.74) is 1.11. The van der Waals surface area contributed by atoms with Crippen LogP contribution in [0, 0.1) is 5.41 Å². The van der Waals surface area contributed by atoms with Gasteiger partial charge in [-0.3, -0.25) is 0 Å². The molecule has 1 rings (SSSR count). The van der Waals surface area contributed by atoms with E-state index in [0.717, 1.165) is 12.0 Å². The van der Waals surface area contributed by atoms with Crippen LogP contribution in [-0.2, 0) is 4.74 Å². The summed E-state index contributed by atoms with van der Waals surface area (Å²) in [4.78, 5) is 11.8. The summed E-state index contributed by atoms with van der Waals surface area (Å²) < 4.78 is 5.23.